The molecule has 0 bridgehead atoms. The number of nitrogens with zero attached hydrogens (tertiary/aromatic N) is 2. The van der Waals surface area contributed by atoms with E-state index in [0.717, 1.165) is 38.8 Å². The Bertz CT molecular complexity index is 247. The Morgan fingerprint density at radius 2 is 2.47 bits per heavy atom. The van der Waals surface area contributed by atoms with E-state index in [-0.39, 0.29) is 11.9 Å². The molecule has 1 heterocycles. The summed E-state index contributed by atoms with van der Waals surface area (Å²) in [4.78, 5) is 13.4. The van der Waals surface area contributed by atoms with Crippen LogP contribution >= 0.6 is 0 Å². The third-order valence-electron chi connectivity index (χ3n) is 2.71. The topological polar surface area (TPSA) is 56.1 Å². The maximum absolute atomic E-state index is 11.5. The zero-order chi connectivity index (χ0) is 11.1. The Morgan fingerprint density at radius 3 is 3.13 bits per heavy atom. The molecule has 0 aromatic heterocycles. The lowest BCUT2D eigenvalue weighted by atomic mass is 10.2. The van der Waals surface area contributed by atoms with Gasteiger partial charge in [-0.3, -0.25) is 9.69 Å². The van der Waals surface area contributed by atoms with E-state index in [2.05, 4.69) is 18.3 Å². The summed E-state index contributed by atoms with van der Waals surface area (Å²) in [5.74, 6) is 0.0469. The van der Waals surface area contributed by atoms with E-state index < -0.39 is 0 Å². The Kier molecular flexibility index (Phi) is 5.13. The third kappa shape index (κ3) is 3.88. The lowest BCUT2D eigenvalue weighted by Crippen LogP contribution is -2.39. The molecule has 0 aromatic rings. The first-order valence-electron chi connectivity index (χ1n) is 5.68. The SMILES string of the molecule is CCCCNC(=O)CN1CCCC1C#N. The lowest BCUT2D eigenvalue weighted by Gasteiger charge is -2.17. The number of amides is 1. The monoisotopic (exact) mass is 209 g/mol. The largest absolute Gasteiger partial charge is 0.355 e. The van der Waals surface area contributed by atoms with E-state index in [1.807, 2.05) is 4.90 Å². The predicted octanol–water partition coefficient (Wildman–Crippen LogP) is 0.891. The fraction of sp³-hybridized carbons (Fsp3) is 0.818. The van der Waals surface area contributed by atoms with E-state index in [0.29, 0.717) is 6.54 Å². The second-order valence-corrected chi connectivity index (χ2v) is 3.96. The first-order chi connectivity index (χ1) is 7.27. The molecule has 0 radical (unpaired) electrons. The van der Waals surface area contributed by atoms with E-state index in [1.54, 1.807) is 0 Å². The third-order valence-corrected chi connectivity index (χ3v) is 2.71. The first kappa shape index (κ1) is 12.0. The Labute approximate surface area is 91.2 Å². The molecule has 1 unspecified atom stereocenters. The van der Waals surface area contributed by atoms with E-state index in [9.17, 15) is 4.79 Å². The molecule has 1 aliphatic heterocycles. The van der Waals surface area contributed by atoms with Crippen molar-refractivity contribution in [1.82, 2.24) is 10.2 Å². The number of likely N-dealkylation sites (tertiary alicyclic amines) is 1. The molecule has 0 spiro atoms. The van der Waals surface area contributed by atoms with Gasteiger partial charge in [0.05, 0.1) is 18.7 Å². The Balaban J connectivity index is 2.22. The molecular weight excluding hydrogens is 190 g/mol. The summed E-state index contributed by atoms with van der Waals surface area (Å²) in [7, 11) is 0. The molecule has 0 aliphatic carbocycles. The number of unbranched alkanes of at least 4 members (excludes halogenated alkanes) is 1. The molecule has 1 amide bonds. The summed E-state index contributed by atoms with van der Waals surface area (Å²) in [6.07, 6.45) is 4.04. The zero-order valence-corrected chi connectivity index (χ0v) is 9.33. The quantitative estimate of drug-likeness (QED) is 0.684. The van der Waals surface area contributed by atoms with Crippen LogP contribution in [0.15, 0.2) is 0 Å². The van der Waals surface area contributed by atoms with Gasteiger partial charge in [0.15, 0.2) is 0 Å². The molecule has 4 nitrogen and oxygen atoms in total. The molecule has 1 rings (SSSR count). The summed E-state index contributed by atoms with van der Waals surface area (Å²) in [5.41, 5.74) is 0. The maximum atomic E-state index is 11.5. The van der Waals surface area contributed by atoms with E-state index >= 15 is 0 Å². The summed E-state index contributed by atoms with van der Waals surface area (Å²) >= 11 is 0. The average Bonchev–Trinajstić information content (AvgIpc) is 2.65. The van der Waals surface area contributed by atoms with Gasteiger partial charge in [0.1, 0.15) is 0 Å². The predicted molar refractivity (Wildman–Crippen MR) is 58.1 cm³/mol. The molecule has 84 valence electrons. The van der Waals surface area contributed by atoms with Gasteiger partial charge in [0.25, 0.3) is 0 Å². The summed E-state index contributed by atoms with van der Waals surface area (Å²) < 4.78 is 0. The normalized spacial score (nSPS) is 21.2. The zero-order valence-electron chi connectivity index (χ0n) is 9.33. The van der Waals surface area contributed by atoms with Crippen LogP contribution in [0.25, 0.3) is 0 Å². The summed E-state index contributed by atoms with van der Waals surface area (Å²) in [5, 5.41) is 11.7. The van der Waals surface area contributed by atoms with Crippen LogP contribution in [0.5, 0.6) is 0 Å². The highest BCUT2D eigenvalue weighted by molar-refractivity contribution is 5.78. The number of hydrogen-bond acceptors (Lipinski definition) is 3. The van der Waals surface area contributed by atoms with Crippen LogP contribution in [0.2, 0.25) is 0 Å². The molecule has 1 saturated heterocycles. The van der Waals surface area contributed by atoms with Gasteiger partial charge < -0.3 is 5.32 Å². The minimum atomic E-state index is -0.0538. The van der Waals surface area contributed by atoms with Crippen LogP contribution in [0.3, 0.4) is 0 Å². The Hall–Kier alpha value is -1.08. The minimum Gasteiger partial charge on any atom is -0.355 e. The lowest BCUT2D eigenvalue weighted by molar-refractivity contribution is -0.122. The van der Waals surface area contributed by atoms with Crippen molar-refractivity contribution in [2.75, 3.05) is 19.6 Å². The van der Waals surface area contributed by atoms with Crippen molar-refractivity contribution in [3.63, 3.8) is 0 Å². The highest BCUT2D eigenvalue weighted by Gasteiger charge is 2.25. The molecule has 1 aliphatic rings. The van der Waals surface area contributed by atoms with Gasteiger partial charge in [0, 0.05) is 13.1 Å². The van der Waals surface area contributed by atoms with Crippen LogP contribution in [0.4, 0.5) is 0 Å². The van der Waals surface area contributed by atoms with Crippen molar-refractivity contribution in [1.29, 1.82) is 5.26 Å². The highest BCUT2D eigenvalue weighted by atomic mass is 16.2. The van der Waals surface area contributed by atoms with Crippen molar-refractivity contribution < 1.29 is 4.79 Å². The summed E-state index contributed by atoms with van der Waals surface area (Å²) in [6.45, 7) is 4.10. The van der Waals surface area contributed by atoms with Gasteiger partial charge in [-0.15, -0.1) is 0 Å². The van der Waals surface area contributed by atoms with Crippen LogP contribution in [-0.4, -0.2) is 36.5 Å². The van der Waals surface area contributed by atoms with E-state index in [4.69, 9.17) is 5.26 Å². The molecule has 15 heavy (non-hydrogen) atoms. The van der Waals surface area contributed by atoms with Gasteiger partial charge in [0.2, 0.25) is 5.91 Å². The van der Waals surface area contributed by atoms with Crippen LogP contribution in [-0.2, 0) is 4.79 Å². The molecule has 0 saturated carbocycles. The number of rotatable bonds is 5. The number of nitrogens with one attached hydrogen (secondary N) is 1. The molecule has 0 aromatic carbocycles. The van der Waals surface area contributed by atoms with Gasteiger partial charge >= 0.3 is 0 Å². The first-order valence-corrected chi connectivity index (χ1v) is 5.68. The highest BCUT2D eigenvalue weighted by Crippen LogP contribution is 2.15. The smallest absolute Gasteiger partial charge is 0.234 e. The van der Waals surface area contributed by atoms with Gasteiger partial charge in [-0.2, -0.15) is 5.26 Å². The van der Waals surface area contributed by atoms with Crippen molar-refractivity contribution in [2.45, 2.75) is 38.6 Å². The number of carbonyl (C=O) groups excluding carboxylic acids is 1. The molecule has 4 heteroatoms. The van der Waals surface area contributed by atoms with Crippen molar-refractivity contribution in [2.24, 2.45) is 0 Å². The average molecular weight is 209 g/mol. The van der Waals surface area contributed by atoms with Gasteiger partial charge in [-0.05, 0) is 19.3 Å². The second-order valence-electron chi connectivity index (χ2n) is 3.96. The van der Waals surface area contributed by atoms with Gasteiger partial charge in [-0.25, -0.2) is 0 Å². The van der Waals surface area contributed by atoms with Crippen molar-refractivity contribution >= 4 is 5.91 Å². The van der Waals surface area contributed by atoms with Crippen molar-refractivity contribution in [3.05, 3.63) is 0 Å². The molecule has 1 fully saturated rings. The maximum Gasteiger partial charge on any atom is 0.234 e. The van der Waals surface area contributed by atoms with Crippen LogP contribution < -0.4 is 5.32 Å². The minimum absolute atomic E-state index is 0.0469. The van der Waals surface area contributed by atoms with Crippen LogP contribution in [0.1, 0.15) is 32.6 Å². The fourth-order valence-corrected chi connectivity index (χ4v) is 1.81. The molecule has 1 atom stereocenters. The number of nitriles is 1. The molecular formula is C11H19N3O. The van der Waals surface area contributed by atoms with E-state index in [1.165, 1.54) is 0 Å². The van der Waals surface area contributed by atoms with Crippen molar-refractivity contribution in [3.8, 4) is 6.07 Å². The molecule has 1 N–H and O–H groups in total. The second kappa shape index (κ2) is 6.41. The standard InChI is InChI=1S/C11H19N3O/c1-2-3-6-13-11(15)9-14-7-4-5-10(14)8-12/h10H,2-7,9H2,1H3,(H,13,15). The number of carbonyl (C=O) groups is 1. The fourth-order valence-electron chi connectivity index (χ4n) is 1.81. The van der Waals surface area contributed by atoms with Crippen LogP contribution in [0, 0.1) is 11.3 Å². The van der Waals surface area contributed by atoms with Gasteiger partial charge in [-0.1, -0.05) is 13.3 Å². The summed E-state index contributed by atoms with van der Waals surface area (Å²) in [6, 6.07) is 2.18. The Morgan fingerprint density at radius 1 is 1.67 bits per heavy atom. The number of hydrogen-bond donors (Lipinski definition) is 1.